The Kier molecular flexibility index (Phi) is 3.82. The molecule has 2 N–H and O–H groups in total. The van der Waals surface area contributed by atoms with Gasteiger partial charge < -0.3 is 9.51 Å². The van der Waals surface area contributed by atoms with Crippen LogP contribution in [0.15, 0.2) is 59.3 Å². The van der Waals surface area contributed by atoms with Crippen LogP contribution >= 0.6 is 0 Å². The molecule has 0 atom stereocenters. The largest absolute Gasteiger partial charge is 0.355 e. The highest BCUT2D eigenvalue weighted by atomic mass is 32.2. The fraction of sp³-hybridized carbons (Fsp3) is 0.0870. The molecule has 9 heteroatoms. The van der Waals surface area contributed by atoms with Gasteiger partial charge in [0.2, 0.25) is 16.0 Å². The number of nitrogens with zero attached hydrogens (tertiary/aromatic N) is 3. The molecule has 0 aliphatic carbocycles. The summed E-state index contributed by atoms with van der Waals surface area (Å²) in [7, 11) is -3.49. The molecule has 8 nitrogen and oxygen atoms in total. The van der Waals surface area contributed by atoms with Gasteiger partial charge in [-0.2, -0.15) is 0 Å². The molecule has 0 unspecified atom stereocenters. The molecule has 158 valence electrons. The van der Waals surface area contributed by atoms with Crippen LogP contribution in [-0.2, 0) is 10.0 Å². The van der Waals surface area contributed by atoms with Gasteiger partial charge >= 0.3 is 0 Å². The number of benzene rings is 2. The van der Waals surface area contributed by atoms with Crippen LogP contribution in [-0.4, -0.2) is 34.8 Å². The zero-order valence-corrected chi connectivity index (χ0v) is 18.0. The maximum atomic E-state index is 11.8. The van der Waals surface area contributed by atoms with Crippen LogP contribution in [0.1, 0.15) is 5.69 Å². The van der Waals surface area contributed by atoms with Gasteiger partial charge in [0.25, 0.3) is 0 Å². The first-order chi connectivity index (χ1) is 15.4. The molecule has 0 fully saturated rings. The molecule has 6 aromatic rings. The second-order valence-corrected chi connectivity index (χ2v) is 9.58. The highest BCUT2D eigenvalue weighted by Crippen LogP contribution is 2.34. The molecular formula is C23H17N5O3S. The van der Waals surface area contributed by atoms with E-state index in [1.165, 1.54) is 0 Å². The number of anilines is 1. The standard InChI is InChI=1S/C23H17N5O3S/c1-12-19-15-10-17(21-18(11-15)25-23(26-21)28-32(2,29)30)16-7-4-8-24-20(16)13-5-3-6-14(9-13)22(19)31-27-12/h3-11H,1-2H3,(H2,25,26,28). The van der Waals surface area contributed by atoms with E-state index in [0.29, 0.717) is 16.6 Å². The lowest BCUT2D eigenvalue weighted by Gasteiger charge is -2.03. The molecule has 0 aliphatic rings. The van der Waals surface area contributed by atoms with E-state index >= 15 is 0 Å². The van der Waals surface area contributed by atoms with Gasteiger partial charge in [-0.1, -0.05) is 29.4 Å². The normalized spacial score (nSPS) is 12.3. The summed E-state index contributed by atoms with van der Waals surface area (Å²) in [5.41, 5.74) is 3.56. The molecule has 0 aliphatic heterocycles. The van der Waals surface area contributed by atoms with Crippen LogP contribution in [0.3, 0.4) is 0 Å². The first-order valence-corrected chi connectivity index (χ1v) is 11.8. The van der Waals surface area contributed by atoms with E-state index in [0.717, 1.165) is 49.8 Å². The van der Waals surface area contributed by atoms with Crippen molar-refractivity contribution in [3.63, 3.8) is 0 Å². The lowest BCUT2D eigenvalue weighted by Crippen LogP contribution is -2.10. The number of H-pyrrole nitrogens is 1. The number of aromatic nitrogens is 4. The van der Waals surface area contributed by atoms with Crippen molar-refractivity contribution in [3.05, 3.63) is 60.4 Å². The Balaban J connectivity index is 1.94. The SMILES string of the molecule is Cc1noc2c3cccc(c3)c3ncccc3c3cc(cc4[nH]c(NS(C)(=O)=O)nc43)c12. The van der Waals surface area contributed by atoms with Gasteiger partial charge in [-0.25, -0.2) is 13.4 Å². The van der Waals surface area contributed by atoms with E-state index in [-0.39, 0.29) is 5.95 Å². The van der Waals surface area contributed by atoms with Crippen LogP contribution in [0, 0.1) is 6.92 Å². The third-order valence-electron chi connectivity index (χ3n) is 5.52. The number of fused-ring (bicyclic) bond motifs is 12. The van der Waals surface area contributed by atoms with E-state index in [9.17, 15) is 8.42 Å². The Labute approximate surface area is 182 Å². The van der Waals surface area contributed by atoms with Crippen molar-refractivity contribution in [2.75, 3.05) is 11.0 Å². The number of rotatable bonds is 2. The number of aryl methyl sites for hydroxylation is 1. The molecule has 6 rings (SSSR count). The number of hydrogen-bond acceptors (Lipinski definition) is 6. The molecule has 4 bridgehead atoms. The molecule has 32 heavy (non-hydrogen) atoms. The minimum atomic E-state index is -3.49. The fourth-order valence-corrected chi connectivity index (χ4v) is 4.71. The number of imidazole rings is 1. The summed E-state index contributed by atoms with van der Waals surface area (Å²) in [4.78, 5) is 12.3. The molecule has 0 saturated carbocycles. The van der Waals surface area contributed by atoms with E-state index in [4.69, 9.17) is 4.52 Å². The van der Waals surface area contributed by atoms with Gasteiger partial charge in [-0.05, 0) is 36.6 Å². The van der Waals surface area contributed by atoms with Crippen LogP contribution in [0.5, 0.6) is 0 Å². The average molecular weight is 443 g/mol. The summed E-state index contributed by atoms with van der Waals surface area (Å²) in [6.45, 7) is 1.90. The number of aromatic amines is 1. The minimum Gasteiger partial charge on any atom is -0.355 e. The smallest absolute Gasteiger partial charge is 0.232 e. The van der Waals surface area contributed by atoms with Crippen molar-refractivity contribution in [3.8, 4) is 0 Å². The minimum absolute atomic E-state index is 0.157. The van der Waals surface area contributed by atoms with Crippen molar-refractivity contribution >= 4 is 70.4 Å². The monoisotopic (exact) mass is 443 g/mol. The van der Waals surface area contributed by atoms with E-state index in [2.05, 4.69) is 24.8 Å². The zero-order chi connectivity index (χ0) is 22.0. The fourth-order valence-electron chi connectivity index (χ4n) is 4.26. The summed E-state index contributed by atoms with van der Waals surface area (Å²) in [6, 6.07) is 15.8. The Morgan fingerprint density at radius 2 is 1.81 bits per heavy atom. The number of pyridine rings is 1. The second-order valence-electron chi connectivity index (χ2n) is 7.83. The molecule has 0 radical (unpaired) electrons. The van der Waals surface area contributed by atoms with Crippen molar-refractivity contribution in [1.29, 1.82) is 0 Å². The summed E-state index contributed by atoms with van der Waals surface area (Å²) < 4.78 is 31.7. The molecule has 3 heterocycles. The quantitative estimate of drug-likeness (QED) is 0.397. The number of sulfonamides is 1. The highest BCUT2D eigenvalue weighted by Gasteiger charge is 2.15. The third kappa shape index (κ3) is 2.89. The molecule has 0 amide bonds. The maximum absolute atomic E-state index is 11.8. The Hall–Kier alpha value is -3.98. The first-order valence-electron chi connectivity index (χ1n) is 9.92. The molecule has 3 aromatic carbocycles. The summed E-state index contributed by atoms with van der Waals surface area (Å²) >= 11 is 0. The van der Waals surface area contributed by atoms with Crippen LogP contribution < -0.4 is 4.72 Å². The van der Waals surface area contributed by atoms with Gasteiger partial charge in [-0.15, -0.1) is 0 Å². The Morgan fingerprint density at radius 3 is 2.66 bits per heavy atom. The highest BCUT2D eigenvalue weighted by molar-refractivity contribution is 7.92. The topological polar surface area (TPSA) is 114 Å². The van der Waals surface area contributed by atoms with Gasteiger partial charge in [0.05, 0.1) is 33.9 Å². The van der Waals surface area contributed by atoms with Crippen molar-refractivity contribution < 1.29 is 12.9 Å². The van der Waals surface area contributed by atoms with E-state index in [1.807, 2.05) is 55.5 Å². The Bertz CT molecular complexity index is 1850. The van der Waals surface area contributed by atoms with Crippen LogP contribution in [0.2, 0.25) is 0 Å². The van der Waals surface area contributed by atoms with Gasteiger partial charge in [0.1, 0.15) is 0 Å². The molecule has 0 saturated heterocycles. The number of nitrogens with one attached hydrogen (secondary N) is 2. The van der Waals surface area contributed by atoms with Crippen molar-refractivity contribution in [2.45, 2.75) is 6.92 Å². The van der Waals surface area contributed by atoms with E-state index in [1.54, 1.807) is 6.20 Å². The van der Waals surface area contributed by atoms with Gasteiger partial charge in [0.15, 0.2) is 5.58 Å². The van der Waals surface area contributed by atoms with Gasteiger partial charge in [-0.3, -0.25) is 9.71 Å². The molecule has 3 aromatic heterocycles. The lowest BCUT2D eigenvalue weighted by molar-refractivity contribution is 0.452. The molecular weight excluding hydrogens is 426 g/mol. The predicted molar refractivity (Wildman–Crippen MR) is 126 cm³/mol. The van der Waals surface area contributed by atoms with E-state index < -0.39 is 10.0 Å². The summed E-state index contributed by atoms with van der Waals surface area (Å²) in [5, 5.41) is 9.55. The Morgan fingerprint density at radius 1 is 0.969 bits per heavy atom. The van der Waals surface area contributed by atoms with Crippen LogP contribution in [0.4, 0.5) is 5.95 Å². The first kappa shape index (κ1) is 18.8. The van der Waals surface area contributed by atoms with Crippen molar-refractivity contribution in [2.24, 2.45) is 0 Å². The number of hydrogen-bond donors (Lipinski definition) is 2. The van der Waals surface area contributed by atoms with Gasteiger partial charge in [0, 0.05) is 27.7 Å². The maximum Gasteiger partial charge on any atom is 0.232 e. The third-order valence-corrected chi connectivity index (χ3v) is 6.08. The zero-order valence-electron chi connectivity index (χ0n) is 17.2. The summed E-state index contributed by atoms with van der Waals surface area (Å²) in [5.74, 6) is 0.157. The van der Waals surface area contributed by atoms with Crippen LogP contribution in [0.25, 0.3) is 54.5 Å². The average Bonchev–Trinajstić information content (AvgIpc) is 3.34. The molecule has 0 spiro atoms. The lowest BCUT2D eigenvalue weighted by atomic mass is 10.0. The second kappa shape index (κ2) is 6.51. The van der Waals surface area contributed by atoms with Crippen molar-refractivity contribution in [1.82, 2.24) is 20.1 Å². The predicted octanol–water partition coefficient (Wildman–Crippen LogP) is 4.80. The summed E-state index contributed by atoms with van der Waals surface area (Å²) in [6.07, 6.45) is 2.84.